The largest absolute Gasteiger partial charge is 0.465 e. The molecule has 1 aliphatic heterocycles. The number of ether oxygens (including phenoxy) is 1. The van der Waals surface area contributed by atoms with Crippen LogP contribution in [0, 0.1) is 13.8 Å². The maximum absolute atomic E-state index is 12.8. The number of rotatable bonds is 3. The number of aryl methyl sites for hydroxylation is 1. The van der Waals surface area contributed by atoms with Crippen LogP contribution < -0.4 is 10.6 Å². The number of fused-ring (bicyclic) bond motifs is 1. The number of anilines is 2. The van der Waals surface area contributed by atoms with Crippen LogP contribution in [0.3, 0.4) is 0 Å². The van der Waals surface area contributed by atoms with Crippen LogP contribution >= 0.6 is 0 Å². The summed E-state index contributed by atoms with van der Waals surface area (Å²) < 4.78 is 4.80. The summed E-state index contributed by atoms with van der Waals surface area (Å²) in [5, 5.41) is 5.61. The third kappa shape index (κ3) is 3.31. The molecule has 6 nitrogen and oxygen atoms in total. The van der Waals surface area contributed by atoms with Crippen molar-refractivity contribution in [1.82, 2.24) is 0 Å². The molecule has 1 heterocycles. The lowest BCUT2D eigenvalue weighted by Crippen LogP contribution is -2.30. The Kier molecular flexibility index (Phi) is 4.75. The molecule has 2 amide bonds. The number of nitrogens with one attached hydrogen (secondary N) is 2. The average molecular weight is 352 g/mol. The predicted octanol–water partition coefficient (Wildman–Crippen LogP) is 3.15. The molecule has 2 aromatic carbocycles. The number of hydrogen-bond acceptors (Lipinski definition) is 4. The Bertz CT molecular complexity index is 905. The maximum Gasteiger partial charge on any atom is 0.338 e. The highest BCUT2D eigenvalue weighted by Gasteiger charge is 2.30. The molecule has 1 aliphatic rings. The Morgan fingerprint density at radius 2 is 1.92 bits per heavy atom. The van der Waals surface area contributed by atoms with Gasteiger partial charge in [0.25, 0.3) is 0 Å². The van der Waals surface area contributed by atoms with Gasteiger partial charge in [0.15, 0.2) is 0 Å². The fraction of sp³-hybridized carbons (Fsp3) is 0.250. The first kappa shape index (κ1) is 17.7. The molecule has 1 unspecified atom stereocenters. The molecule has 2 aromatic rings. The van der Waals surface area contributed by atoms with Gasteiger partial charge < -0.3 is 15.4 Å². The zero-order valence-electron chi connectivity index (χ0n) is 14.9. The molecule has 0 saturated heterocycles. The van der Waals surface area contributed by atoms with Crippen molar-refractivity contribution in [2.45, 2.75) is 26.2 Å². The fourth-order valence-electron chi connectivity index (χ4n) is 3.13. The SMILES string of the molecule is COC(=O)c1cc(NC(=O)C2CC(=O)Nc3ccccc32)cc(C)c1C. The molecule has 134 valence electrons. The van der Waals surface area contributed by atoms with Gasteiger partial charge in [-0.05, 0) is 48.7 Å². The highest BCUT2D eigenvalue weighted by atomic mass is 16.5. The Morgan fingerprint density at radius 1 is 1.19 bits per heavy atom. The van der Waals surface area contributed by atoms with Gasteiger partial charge in [-0.15, -0.1) is 0 Å². The standard InChI is InChI=1S/C20H20N2O4/c1-11-8-13(9-15(12(11)2)20(25)26-3)21-19(24)16-10-18(23)22-17-7-5-4-6-14(16)17/h4-9,16H,10H2,1-3H3,(H,21,24)(H,22,23). The highest BCUT2D eigenvalue weighted by molar-refractivity contribution is 6.05. The fourth-order valence-corrected chi connectivity index (χ4v) is 3.13. The van der Waals surface area contributed by atoms with E-state index in [4.69, 9.17) is 4.74 Å². The summed E-state index contributed by atoms with van der Waals surface area (Å²) >= 11 is 0. The zero-order valence-corrected chi connectivity index (χ0v) is 14.9. The van der Waals surface area contributed by atoms with Crippen LogP contribution in [0.4, 0.5) is 11.4 Å². The molecule has 26 heavy (non-hydrogen) atoms. The van der Waals surface area contributed by atoms with Crippen LogP contribution in [0.5, 0.6) is 0 Å². The van der Waals surface area contributed by atoms with Crippen LogP contribution in [0.15, 0.2) is 36.4 Å². The maximum atomic E-state index is 12.8. The normalized spacial score (nSPS) is 15.7. The van der Waals surface area contributed by atoms with E-state index in [-0.39, 0.29) is 18.2 Å². The molecule has 0 bridgehead atoms. The van der Waals surface area contributed by atoms with E-state index in [1.165, 1.54) is 7.11 Å². The van der Waals surface area contributed by atoms with E-state index in [2.05, 4.69) is 10.6 Å². The zero-order chi connectivity index (χ0) is 18.8. The first-order valence-corrected chi connectivity index (χ1v) is 8.30. The number of amides is 2. The van der Waals surface area contributed by atoms with E-state index in [1.54, 1.807) is 18.2 Å². The van der Waals surface area contributed by atoms with Gasteiger partial charge in [0.2, 0.25) is 11.8 Å². The molecule has 2 N–H and O–H groups in total. The Morgan fingerprint density at radius 3 is 2.65 bits per heavy atom. The minimum atomic E-state index is -0.580. The number of methoxy groups -OCH3 is 1. The van der Waals surface area contributed by atoms with E-state index in [9.17, 15) is 14.4 Å². The van der Waals surface area contributed by atoms with E-state index in [0.717, 1.165) is 16.7 Å². The number of para-hydroxylation sites is 1. The van der Waals surface area contributed by atoms with E-state index in [0.29, 0.717) is 16.9 Å². The van der Waals surface area contributed by atoms with Gasteiger partial charge >= 0.3 is 5.97 Å². The molecule has 0 saturated carbocycles. The van der Waals surface area contributed by atoms with Crippen LogP contribution in [0.25, 0.3) is 0 Å². The van der Waals surface area contributed by atoms with Gasteiger partial charge in [0, 0.05) is 17.8 Å². The van der Waals surface area contributed by atoms with Crippen molar-refractivity contribution in [2.24, 2.45) is 0 Å². The minimum absolute atomic E-state index is 0.0809. The number of carbonyl (C=O) groups excluding carboxylic acids is 3. The second kappa shape index (κ2) is 7.00. The number of hydrogen-bond donors (Lipinski definition) is 2. The smallest absolute Gasteiger partial charge is 0.338 e. The summed E-state index contributed by atoms with van der Waals surface area (Å²) in [4.78, 5) is 36.7. The Labute approximate surface area is 151 Å². The van der Waals surface area contributed by atoms with Crippen molar-refractivity contribution < 1.29 is 19.1 Å². The first-order chi connectivity index (χ1) is 12.4. The minimum Gasteiger partial charge on any atom is -0.465 e. The number of benzene rings is 2. The lowest BCUT2D eigenvalue weighted by molar-refractivity contribution is -0.123. The van der Waals surface area contributed by atoms with Crippen LogP contribution in [0.1, 0.15) is 39.4 Å². The lowest BCUT2D eigenvalue weighted by Gasteiger charge is -2.25. The molecule has 0 radical (unpaired) electrons. The van der Waals surface area contributed by atoms with Gasteiger partial charge in [-0.1, -0.05) is 18.2 Å². The quantitative estimate of drug-likeness (QED) is 0.831. The monoisotopic (exact) mass is 352 g/mol. The number of carbonyl (C=O) groups is 3. The summed E-state index contributed by atoms with van der Waals surface area (Å²) in [6.07, 6.45) is 0.0809. The second-order valence-electron chi connectivity index (χ2n) is 6.34. The summed E-state index contributed by atoms with van der Waals surface area (Å²) in [5.74, 6) is -1.52. The van der Waals surface area contributed by atoms with E-state index >= 15 is 0 Å². The van der Waals surface area contributed by atoms with E-state index < -0.39 is 11.9 Å². The van der Waals surface area contributed by atoms with E-state index in [1.807, 2.05) is 32.0 Å². The topological polar surface area (TPSA) is 84.5 Å². The summed E-state index contributed by atoms with van der Waals surface area (Å²) in [6.45, 7) is 3.69. The summed E-state index contributed by atoms with van der Waals surface area (Å²) in [6, 6.07) is 10.7. The van der Waals surface area contributed by atoms with Crippen molar-refractivity contribution in [3.05, 3.63) is 58.7 Å². The van der Waals surface area contributed by atoms with Crippen molar-refractivity contribution in [3.63, 3.8) is 0 Å². The molecular formula is C20H20N2O4. The van der Waals surface area contributed by atoms with Crippen molar-refractivity contribution in [2.75, 3.05) is 17.7 Å². The molecular weight excluding hydrogens is 332 g/mol. The van der Waals surface area contributed by atoms with Crippen LogP contribution in [-0.2, 0) is 14.3 Å². The van der Waals surface area contributed by atoms with Crippen molar-refractivity contribution in [3.8, 4) is 0 Å². The highest BCUT2D eigenvalue weighted by Crippen LogP contribution is 2.33. The van der Waals surface area contributed by atoms with Gasteiger partial charge in [-0.3, -0.25) is 9.59 Å². The number of esters is 1. The van der Waals surface area contributed by atoms with Crippen LogP contribution in [-0.4, -0.2) is 24.9 Å². The molecule has 0 fully saturated rings. The average Bonchev–Trinajstić information content (AvgIpc) is 2.63. The van der Waals surface area contributed by atoms with Gasteiger partial charge in [0.1, 0.15) is 0 Å². The third-order valence-corrected chi connectivity index (χ3v) is 4.66. The van der Waals surface area contributed by atoms with Crippen LogP contribution in [0.2, 0.25) is 0 Å². The molecule has 1 atom stereocenters. The van der Waals surface area contributed by atoms with Crippen molar-refractivity contribution >= 4 is 29.2 Å². The lowest BCUT2D eigenvalue weighted by atomic mass is 9.89. The molecule has 0 aromatic heterocycles. The molecule has 3 rings (SSSR count). The summed E-state index contributed by atoms with van der Waals surface area (Å²) in [7, 11) is 1.32. The predicted molar refractivity (Wildman–Crippen MR) is 98.3 cm³/mol. The second-order valence-corrected chi connectivity index (χ2v) is 6.34. The van der Waals surface area contributed by atoms with Gasteiger partial charge in [-0.25, -0.2) is 4.79 Å². The Balaban J connectivity index is 1.90. The first-order valence-electron chi connectivity index (χ1n) is 8.30. The molecule has 0 spiro atoms. The van der Waals surface area contributed by atoms with Gasteiger partial charge in [0.05, 0.1) is 18.6 Å². The molecule has 6 heteroatoms. The third-order valence-electron chi connectivity index (χ3n) is 4.66. The van der Waals surface area contributed by atoms with Gasteiger partial charge in [-0.2, -0.15) is 0 Å². The summed E-state index contributed by atoms with van der Waals surface area (Å²) in [5.41, 5.74) is 4.01. The molecule has 0 aliphatic carbocycles. The Hall–Kier alpha value is -3.15. The van der Waals surface area contributed by atoms with Crippen molar-refractivity contribution in [1.29, 1.82) is 0 Å².